The summed E-state index contributed by atoms with van der Waals surface area (Å²) >= 11 is 3.45. The maximum absolute atomic E-state index is 13.0. The number of anilines is 1. The predicted octanol–water partition coefficient (Wildman–Crippen LogP) is 4.65. The van der Waals surface area contributed by atoms with Crippen molar-refractivity contribution < 1.29 is 8.78 Å². The summed E-state index contributed by atoms with van der Waals surface area (Å²) in [6, 6.07) is 9.35. The lowest BCUT2D eigenvalue weighted by Crippen LogP contribution is -2.00. The maximum Gasteiger partial charge on any atom is 0.128 e. The van der Waals surface area contributed by atoms with E-state index in [0.717, 1.165) is 21.7 Å². The van der Waals surface area contributed by atoms with Crippen molar-refractivity contribution in [2.45, 2.75) is 13.5 Å². The third kappa shape index (κ3) is 3.29. The first-order chi connectivity index (χ1) is 8.54. The van der Waals surface area contributed by atoms with E-state index in [1.54, 1.807) is 0 Å². The summed E-state index contributed by atoms with van der Waals surface area (Å²) in [6.07, 6.45) is 0. The van der Waals surface area contributed by atoms with Crippen LogP contribution in [0, 0.1) is 18.6 Å². The molecule has 0 aromatic heterocycles. The van der Waals surface area contributed by atoms with Crippen molar-refractivity contribution in [2.75, 3.05) is 5.32 Å². The summed E-state index contributed by atoms with van der Waals surface area (Å²) in [5.74, 6) is -1.16. The van der Waals surface area contributed by atoms with E-state index in [-0.39, 0.29) is 0 Å². The van der Waals surface area contributed by atoms with E-state index < -0.39 is 11.6 Å². The molecule has 0 unspecified atom stereocenters. The van der Waals surface area contributed by atoms with E-state index in [1.165, 1.54) is 12.1 Å². The molecular formula is C14H12BrF2N. The monoisotopic (exact) mass is 311 g/mol. The second-order valence-corrected chi connectivity index (χ2v) is 4.95. The molecule has 0 radical (unpaired) electrons. The van der Waals surface area contributed by atoms with Crippen molar-refractivity contribution in [1.82, 2.24) is 0 Å². The molecule has 0 fully saturated rings. The molecule has 0 bridgehead atoms. The number of nitrogens with one attached hydrogen (secondary N) is 1. The van der Waals surface area contributed by atoms with Crippen molar-refractivity contribution in [2.24, 2.45) is 0 Å². The summed E-state index contributed by atoms with van der Waals surface area (Å²) in [4.78, 5) is 0. The van der Waals surface area contributed by atoms with Gasteiger partial charge < -0.3 is 5.32 Å². The maximum atomic E-state index is 13.0. The number of hydrogen-bond donors (Lipinski definition) is 1. The Hall–Kier alpha value is -1.42. The Morgan fingerprint density at radius 3 is 2.33 bits per heavy atom. The summed E-state index contributed by atoms with van der Waals surface area (Å²) in [6.45, 7) is 2.52. The van der Waals surface area contributed by atoms with Crippen LogP contribution in [0.1, 0.15) is 11.1 Å². The number of aryl methyl sites for hydroxylation is 1. The normalized spacial score (nSPS) is 10.4. The molecule has 2 rings (SSSR count). The highest BCUT2D eigenvalue weighted by Gasteiger charge is 2.01. The summed E-state index contributed by atoms with van der Waals surface area (Å²) in [7, 11) is 0. The molecule has 1 N–H and O–H groups in total. The highest BCUT2D eigenvalue weighted by atomic mass is 79.9. The van der Waals surface area contributed by atoms with Gasteiger partial charge in [0.15, 0.2) is 0 Å². The fraction of sp³-hybridized carbons (Fsp3) is 0.143. The van der Waals surface area contributed by atoms with Crippen LogP contribution in [0.15, 0.2) is 40.9 Å². The molecule has 0 saturated heterocycles. The Morgan fingerprint density at radius 2 is 1.72 bits per heavy atom. The molecule has 18 heavy (non-hydrogen) atoms. The van der Waals surface area contributed by atoms with Crippen molar-refractivity contribution in [3.8, 4) is 0 Å². The summed E-state index contributed by atoms with van der Waals surface area (Å²) in [5, 5.41) is 2.99. The molecule has 0 aliphatic heterocycles. The number of halogens is 3. The smallest absolute Gasteiger partial charge is 0.128 e. The molecule has 2 aromatic carbocycles. The van der Waals surface area contributed by atoms with Gasteiger partial charge in [0.25, 0.3) is 0 Å². The highest BCUT2D eigenvalue weighted by molar-refractivity contribution is 9.10. The van der Waals surface area contributed by atoms with Gasteiger partial charge in [-0.1, -0.05) is 28.1 Å². The number of rotatable bonds is 3. The van der Waals surface area contributed by atoms with Gasteiger partial charge in [0.1, 0.15) is 11.6 Å². The van der Waals surface area contributed by atoms with Crippen LogP contribution in [0.2, 0.25) is 0 Å². The van der Waals surface area contributed by atoms with Gasteiger partial charge >= 0.3 is 0 Å². The van der Waals surface area contributed by atoms with Crippen LogP contribution in [0.4, 0.5) is 14.5 Å². The Balaban J connectivity index is 2.08. The van der Waals surface area contributed by atoms with E-state index >= 15 is 0 Å². The van der Waals surface area contributed by atoms with Gasteiger partial charge in [-0.05, 0) is 36.2 Å². The average molecular weight is 312 g/mol. The van der Waals surface area contributed by atoms with Crippen LogP contribution >= 0.6 is 15.9 Å². The molecular weight excluding hydrogens is 300 g/mol. The molecule has 1 nitrogen and oxygen atoms in total. The van der Waals surface area contributed by atoms with Crippen molar-refractivity contribution >= 4 is 21.6 Å². The molecule has 0 spiro atoms. The van der Waals surface area contributed by atoms with Gasteiger partial charge in [0.2, 0.25) is 0 Å². The number of benzene rings is 2. The quantitative estimate of drug-likeness (QED) is 0.870. The average Bonchev–Trinajstić information content (AvgIpc) is 2.29. The van der Waals surface area contributed by atoms with E-state index in [9.17, 15) is 8.78 Å². The second kappa shape index (κ2) is 5.48. The molecule has 0 heterocycles. The van der Waals surface area contributed by atoms with Crippen LogP contribution in [-0.4, -0.2) is 0 Å². The first-order valence-corrected chi connectivity index (χ1v) is 6.29. The fourth-order valence-electron chi connectivity index (χ4n) is 1.61. The second-order valence-electron chi connectivity index (χ2n) is 4.10. The number of hydrogen-bond acceptors (Lipinski definition) is 1. The van der Waals surface area contributed by atoms with Crippen LogP contribution in [0.5, 0.6) is 0 Å². The van der Waals surface area contributed by atoms with Crippen LogP contribution < -0.4 is 5.32 Å². The van der Waals surface area contributed by atoms with Crippen LogP contribution in [-0.2, 0) is 6.54 Å². The zero-order valence-electron chi connectivity index (χ0n) is 9.81. The Labute approximate surface area is 113 Å². The molecule has 4 heteroatoms. The summed E-state index contributed by atoms with van der Waals surface area (Å²) in [5.41, 5.74) is 2.62. The van der Waals surface area contributed by atoms with Crippen molar-refractivity contribution in [1.29, 1.82) is 0 Å². The molecule has 0 saturated carbocycles. The van der Waals surface area contributed by atoms with Gasteiger partial charge in [-0.25, -0.2) is 8.78 Å². The minimum absolute atomic E-state index is 0.434. The topological polar surface area (TPSA) is 12.0 Å². The fourth-order valence-corrected chi connectivity index (χ4v) is 2.03. The van der Waals surface area contributed by atoms with Gasteiger partial charge in [-0.2, -0.15) is 0 Å². The first kappa shape index (κ1) is 13.0. The standard InChI is InChI=1S/C14H12BrF2N/c1-9-2-3-10(4-14(9)15)8-18-13-6-11(16)5-12(17)7-13/h2-7,18H,8H2,1H3. The van der Waals surface area contributed by atoms with Crippen LogP contribution in [0.25, 0.3) is 0 Å². The third-order valence-electron chi connectivity index (χ3n) is 2.60. The van der Waals surface area contributed by atoms with E-state index in [4.69, 9.17) is 0 Å². The van der Waals surface area contributed by atoms with Gasteiger partial charge in [-0.3, -0.25) is 0 Å². The lowest BCUT2D eigenvalue weighted by atomic mass is 10.1. The minimum atomic E-state index is -0.581. The molecule has 0 aliphatic rings. The van der Waals surface area contributed by atoms with Crippen molar-refractivity contribution in [3.63, 3.8) is 0 Å². The Bertz CT molecular complexity index is 549. The van der Waals surface area contributed by atoms with Crippen molar-refractivity contribution in [3.05, 3.63) is 63.6 Å². The van der Waals surface area contributed by atoms with E-state index in [2.05, 4.69) is 21.2 Å². The molecule has 2 aromatic rings. The van der Waals surface area contributed by atoms with Gasteiger partial charge in [-0.15, -0.1) is 0 Å². The lowest BCUT2D eigenvalue weighted by Gasteiger charge is -2.08. The Morgan fingerprint density at radius 1 is 1.06 bits per heavy atom. The molecule has 0 aliphatic carbocycles. The molecule has 0 amide bonds. The van der Waals surface area contributed by atoms with Gasteiger partial charge in [0.05, 0.1) is 0 Å². The lowest BCUT2D eigenvalue weighted by molar-refractivity contribution is 0.584. The highest BCUT2D eigenvalue weighted by Crippen LogP contribution is 2.19. The first-order valence-electron chi connectivity index (χ1n) is 5.49. The van der Waals surface area contributed by atoms with E-state index in [0.29, 0.717) is 12.2 Å². The zero-order chi connectivity index (χ0) is 13.1. The predicted molar refractivity (Wildman–Crippen MR) is 72.6 cm³/mol. The largest absolute Gasteiger partial charge is 0.381 e. The Kier molecular flexibility index (Phi) is 3.97. The summed E-state index contributed by atoms with van der Waals surface area (Å²) < 4.78 is 27.0. The minimum Gasteiger partial charge on any atom is -0.381 e. The zero-order valence-corrected chi connectivity index (χ0v) is 11.4. The van der Waals surface area contributed by atoms with Crippen LogP contribution in [0.3, 0.4) is 0 Å². The molecule has 94 valence electrons. The molecule has 0 atom stereocenters. The van der Waals surface area contributed by atoms with Gasteiger partial charge in [0, 0.05) is 22.8 Å². The SMILES string of the molecule is Cc1ccc(CNc2cc(F)cc(F)c2)cc1Br. The third-order valence-corrected chi connectivity index (χ3v) is 3.45. The van der Waals surface area contributed by atoms with E-state index in [1.807, 2.05) is 25.1 Å².